The van der Waals surface area contributed by atoms with Crippen molar-refractivity contribution in [3.8, 4) is 0 Å². The Labute approximate surface area is 121 Å². The van der Waals surface area contributed by atoms with Crippen LogP contribution in [0.15, 0.2) is 23.1 Å². The average Bonchev–Trinajstić information content (AvgIpc) is 2.42. The SMILES string of the molecule is Cc1c(N)cccc1S(=O)CC(=O)NC1CCOCC1. The van der Waals surface area contributed by atoms with E-state index < -0.39 is 10.8 Å². The van der Waals surface area contributed by atoms with E-state index in [1.165, 1.54) is 0 Å². The van der Waals surface area contributed by atoms with Gasteiger partial charge >= 0.3 is 0 Å². The number of hydrogen-bond donors (Lipinski definition) is 2. The highest BCUT2D eigenvalue weighted by atomic mass is 32.2. The van der Waals surface area contributed by atoms with Crippen LogP contribution in [0.5, 0.6) is 0 Å². The van der Waals surface area contributed by atoms with Crippen LogP contribution in [0.25, 0.3) is 0 Å². The third-order valence-electron chi connectivity index (χ3n) is 3.42. The lowest BCUT2D eigenvalue weighted by molar-refractivity contribution is -0.119. The second-order valence-electron chi connectivity index (χ2n) is 4.91. The lowest BCUT2D eigenvalue weighted by atomic mass is 10.1. The molecule has 1 aromatic carbocycles. The molecule has 1 aliphatic heterocycles. The van der Waals surface area contributed by atoms with Gasteiger partial charge in [-0.2, -0.15) is 0 Å². The molecule has 0 bridgehead atoms. The Hall–Kier alpha value is -1.40. The summed E-state index contributed by atoms with van der Waals surface area (Å²) in [6.45, 7) is 3.16. The number of amides is 1. The Morgan fingerprint density at radius 3 is 2.85 bits per heavy atom. The van der Waals surface area contributed by atoms with Crippen molar-refractivity contribution in [2.45, 2.75) is 30.7 Å². The molecule has 0 radical (unpaired) electrons. The second kappa shape index (κ2) is 6.85. The fourth-order valence-corrected chi connectivity index (χ4v) is 3.35. The molecule has 0 aliphatic carbocycles. The summed E-state index contributed by atoms with van der Waals surface area (Å²) in [4.78, 5) is 12.5. The molecule has 3 N–H and O–H groups in total. The minimum absolute atomic E-state index is 0.0261. The van der Waals surface area contributed by atoms with E-state index in [2.05, 4.69) is 5.32 Å². The van der Waals surface area contributed by atoms with Crippen molar-refractivity contribution in [1.82, 2.24) is 5.32 Å². The van der Waals surface area contributed by atoms with Crippen molar-refractivity contribution in [3.63, 3.8) is 0 Å². The normalized spacial score (nSPS) is 17.6. The van der Waals surface area contributed by atoms with Crippen LogP contribution in [0.1, 0.15) is 18.4 Å². The Bertz CT molecular complexity index is 513. The molecule has 1 aromatic rings. The van der Waals surface area contributed by atoms with Crippen molar-refractivity contribution in [1.29, 1.82) is 0 Å². The first-order chi connectivity index (χ1) is 9.58. The molecule has 1 atom stereocenters. The average molecular weight is 296 g/mol. The number of benzene rings is 1. The zero-order valence-corrected chi connectivity index (χ0v) is 12.4. The van der Waals surface area contributed by atoms with E-state index >= 15 is 0 Å². The van der Waals surface area contributed by atoms with Crippen LogP contribution < -0.4 is 11.1 Å². The highest BCUT2D eigenvalue weighted by molar-refractivity contribution is 7.85. The smallest absolute Gasteiger partial charge is 0.233 e. The summed E-state index contributed by atoms with van der Waals surface area (Å²) in [7, 11) is -1.36. The Balaban J connectivity index is 1.93. The Kier molecular flexibility index (Phi) is 5.14. The second-order valence-corrected chi connectivity index (χ2v) is 6.33. The fraction of sp³-hybridized carbons (Fsp3) is 0.500. The molecular weight excluding hydrogens is 276 g/mol. The quantitative estimate of drug-likeness (QED) is 0.812. The van der Waals surface area contributed by atoms with Crippen LogP contribution in [0.3, 0.4) is 0 Å². The summed E-state index contributed by atoms with van der Waals surface area (Å²) in [5.74, 6) is -0.209. The number of ether oxygens (including phenoxy) is 1. The summed E-state index contributed by atoms with van der Waals surface area (Å²) >= 11 is 0. The summed E-state index contributed by atoms with van der Waals surface area (Å²) < 4.78 is 17.5. The molecular formula is C14H20N2O3S. The van der Waals surface area contributed by atoms with Gasteiger partial charge in [0, 0.05) is 29.8 Å². The van der Waals surface area contributed by atoms with Crippen molar-refractivity contribution >= 4 is 22.4 Å². The molecule has 1 unspecified atom stereocenters. The topological polar surface area (TPSA) is 81.4 Å². The number of hydrogen-bond acceptors (Lipinski definition) is 4. The van der Waals surface area contributed by atoms with Gasteiger partial charge in [0.1, 0.15) is 5.75 Å². The van der Waals surface area contributed by atoms with Gasteiger partial charge in [0.05, 0.1) is 10.8 Å². The minimum atomic E-state index is -1.36. The van der Waals surface area contributed by atoms with Gasteiger partial charge in [0.15, 0.2) is 0 Å². The van der Waals surface area contributed by atoms with Crippen LogP contribution in [-0.4, -0.2) is 35.1 Å². The van der Waals surface area contributed by atoms with Crippen LogP contribution in [0.2, 0.25) is 0 Å². The molecule has 1 amide bonds. The van der Waals surface area contributed by atoms with Gasteiger partial charge in [-0.3, -0.25) is 9.00 Å². The number of carbonyl (C=O) groups is 1. The standard InChI is InChI=1S/C14H20N2O3S/c1-10-12(15)3-2-4-13(10)20(18)9-14(17)16-11-5-7-19-8-6-11/h2-4,11H,5-9,15H2,1H3,(H,16,17). The highest BCUT2D eigenvalue weighted by Crippen LogP contribution is 2.19. The Morgan fingerprint density at radius 2 is 2.15 bits per heavy atom. The van der Waals surface area contributed by atoms with E-state index in [9.17, 15) is 9.00 Å². The molecule has 2 rings (SSSR count). The van der Waals surface area contributed by atoms with Crippen LogP contribution >= 0.6 is 0 Å². The maximum absolute atomic E-state index is 12.2. The molecule has 5 nitrogen and oxygen atoms in total. The van der Waals surface area contributed by atoms with Crippen molar-refractivity contribution in [2.24, 2.45) is 0 Å². The lowest BCUT2D eigenvalue weighted by Gasteiger charge is -2.23. The molecule has 110 valence electrons. The lowest BCUT2D eigenvalue weighted by Crippen LogP contribution is -2.40. The van der Waals surface area contributed by atoms with E-state index in [0.29, 0.717) is 23.8 Å². The molecule has 20 heavy (non-hydrogen) atoms. The number of nitrogens with two attached hydrogens (primary N) is 1. The number of rotatable bonds is 4. The largest absolute Gasteiger partial charge is 0.398 e. The predicted octanol–water partition coefficient (Wildman–Crippen LogP) is 0.980. The summed E-state index contributed by atoms with van der Waals surface area (Å²) in [5, 5.41) is 2.91. The zero-order chi connectivity index (χ0) is 14.5. The molecule has 1 aliphatic rings. The molecule has 0 spiro atoms. The first-order valence-electron chi connectivity index (χ1n) is 6.68. The van der Waals surface area contributed by atoms with Gasteiger partial charge in [-0.05, 0) is 37.5 Å². The highest BCUT2D eigenvalue weighted by Gasteiger charge is 2.18. The third-order valence-corrected chi connectivity index (χ3v) is 4.88. The first kappa shape index (κ1) is 15.0. The van der Waals surface area contributed by atoms with E-state index in [-0.39, 0.29) is 17.7 Å². The minimum Gasteiger partial charge on any atom is -0.398 e. The van der Waals surface area contributed by atoms with Crippen molar-refractivity contribution < 1.29 is 13.7 Å². The number of nitrogens with one attached hydrogen (secondary N) is 1. The van der Waals surface area contributed by atoms with Gasteiger partial charge in [0.2, 0.25) is 5.91 Å². The van der Waals surface area contributed by atoms with Crippen LogP contribution in [0.4, 0.5) is 5.69 Å². The first-order valence-corrected chi connectivity index (χ1v) is 8.00. The maximum Gasteiger partial charge on any atom is 0.233 e. The van der Waals surface area contributed by atoms with E-state index in [0.717, 1.165) is 18.4 Å². The number of nitrogen functional groups attached to an aromatic ring is 1. The van der Waals surface area contributed by atoms with Gasteiger partial charge in [0.25, 0.3) is 0 Å². The molecule has 1 fully saturated rings. The van der Waals surface area contributed by atoms with Gasteiger partial charge in [-0.1, -0.05) is 6.07 Å². The van der Waals surface area contributed by atoms with E-state index in [1.807, 2.05) is 6.92 Å². The molecule has 0 aromatic heterocycles. The number of anilines is 1. The summed E-state index contributed by atoms with van der Waals surface area (Å²) in [6, 6.07) is 5.41. The Morgan fingerprint density at radius 1 is 1.45 bits per heavy atom. The van der Waals surface area contributed by atoms with Crippen molar-refractivity contribution in [2.75, 3.05) is 24.7 Å². The van der Waals surface area contributed by atoms with Gasteiger partial charge in [-0.25, -0.2) is 0 Å². The maximum atomic E-state index is 12.2. The van der Waals surface area contributed by atoms with Crippen LogP contribution in [0, 0.1) is 6.92 Å². The van der Waals surface area contributed by atoms with Crippen molar-refractivity contribution in [3.05, 3.63) is 23.8 Å². The van der Waals surface area contributed by atoms with Gasteiger partial charge < -0.3 is 15.8 Å². The summed E-state index contributed by atoms with van der Waals surface area (Å²) in [5.41, 5.74) is 7.17. The zero-order valence-electron chi connectivity index (χ0n) is 11.6. The molecule has 1 saturated heterocycles. The monoisotopic (exact) mass is 296 g/mol. The van der Waals surface area contributed by atoms with Crippen LogP contribution in [-0.2, 0) is 20.3 Å². The fourth-order valence-electron chi connectivity index (χ4n) is 2.19. The number of carbonyl (C=O) groups excluding carboxylic acids is 1. The van der Waals surface area contributed by atoms with E-state index in [1.54, 1.807) is 18.2 Å². The van der Waals surface area contributed by atoms with Gasteiger partial charge in [-0.15, -0.1) is 0 Å². The molecule has 1 heterocycles. The third kappa shape index (κ3) is 3.80. The summed E-state index contributed by atoms with van der Waals surface area (Å²) in [6.07, 6.45) is 1.63. The van der Waals surface area contributed by atoms with E-state index in [4.69, 9.17) is 10.5 Å². The predicted molar refractivity (Wildman–Crippen MR) is 78.9 cm³/mol. The molecule has 6 heteroatoms. The molecule has 0 saturated carbocycles.